The quantitative estimate of drug-likeness (QED) is 0.783. The molecule has 0 spiro atoms. The Labute approximate surface area is 120 Å². The van der Waals surface area contributed by atoms with Crippen LogP contribution in [0.5, 0.6) is 0 Å². The van der Waals surface area contributed by atoms with E-state index in [4.69, 9.17) is 11.6 Å². The van der Waals surface area contributed by atoms with Crippen LogP contribution in [0.4, 0.5) is 5.82 Å². The summed E-state index contributed by atoms with van der Waals surface area (Å²) < 4.78 is 0. The average Bonchev–Trinajstić information content (AvgIpc) is 2.24. The van der Waals surface area contributed by atoms with Crippen LogP contribution in [-0.2, 0) is 0 Å². The maximum absolute atomic E-state index is 10.3. The number of nitrogens with zero attached hydrogens (tertiary/aromatic N) is 3. The first kappa shape index (κ1) is 16.1. The average molecular weight is 287 g/mol. The molecule has 0 fully saturated rings. The summed E-state index contributed by atoms with van der Waals surface area (Å²) in [5.74, 6) is 0.907. The lowest BCUT2D eigenvalue weighted by Gasteiger charge is -2.28. The molecule has 1 heterocycles. The highest BCUT2D eigenvalue weighted by atomic mass is 35.5. The SMILES string of the molecule is CC(C)c1c(Cl)ncnc1NCC(C)(O)CN(C)C. The van der Waals surface area contributed by atoms with Gasteiger partial charge in [-0.1, -0.05) is 25.4 Å². The zero-order valence-corrected chi connectivity index (χ0v) is 13.0. The summed E-state index contributed by atoms with van der Waals surface area (Å²) in [5.41, 5.74) is 0.0413. The van der Waals surface area contributed by atoms with Gasteiger partial charge in [0.05, 0.1) is 5.60 Å². The van der Waals surface area contributed by atoms with E-state index in [1.807, 2.05) is 32.8 Å². The second-order valence-corrected chi connectivity index (χ2v) is 6.03. The fourth-order valence-corrected chi connectivity index (χ4v) is 2.39. The highest BCUT2D eigenvalue weighted by molar-refractivity contribution is 6.30. The lowest BCUT2D eigenvalue weighted by Crippen LogP contribution is -2.43. The molecular weight excluding hydrogens is 264 g/mol. The van der Waals surface area contributed by atoms with Gasteiger partial charge < -0.3 is 15.3 Å². The number of hydrogen-bond donors (Lipinski definition) is 2. The van der Waals surface area contributed by atoms with Gasteiger partial charge in [0.15, 0.2) is 0 Å². The van der Waals surface area contributed by atoms with E-state index < -0.39 is 5.60 Å². The van der Waals surface area contributed by atoms with Crippen LogP contribution in [0.2, 0.25) is 5.15 Å². The summed E-state index contributed by atoms with van der Waals surface area (Å²) in [6.07, 6.45) is 1.43. The van der Waals surface area contributed by atoms with Crippen LogP contribution < -0.4 is 5.32 Å². The summed E-state index contributed by atoms with van der Waals surface area (Å²) in [4.78, 5) is 10.2. The third kappa shape index (κ3) is 4.93. The normalized spacial score (nSPS) is 14.8. The minimum absolute atomic E-state index is 0.218. The highest BCUT2D eigenvalue weighted by Crippen LogP contribution is 2.28. The Morgan fingerprint density at radius 1 is 1.42 bits per heavy atom. The zero-order valence-electron chi connectivity index (χ0n) is 12.2. The zero-order chi connectivity index (χ0) is 14.6. The number of rotatable bonds is 6. The van der Waals surface area contributed by atoms with Gasteiger partial charge >= 0.3 is 0 Å². The van der Waals surface area contributed by atoms with Crippen LogP contribution >= 0.6 is 11.6 Å². The predicted molar refractivity (Wildman–Crippen MR) is 78.8 cm³/mol. The molecule has 0 aliphatic heterocycles. The molecule has 19 heavy (non-hydrogen) atoms. The lowest BCUT2D eigenvalue weighted by molar-refractivity contribution is 0.0459. The number of anilines is 1. The van der Waals surface area contributed by atoms with E-state index in [1.54, 1.807) is 6.92 Å². The van der Waals surface area contributed by atoms with Gasteiger partial charge in [0.1, 0.15) is 17.3 Å². The molecule has 6 heteroatoms. The molecule has 0 saturated heterocycles. The number of halogens is 1. The molecule has 0 saturated carbocycles. The molecule has 0 amide bonds. The van der Waals surface area contributed by atoms with Crippen molar-refractivity contribution in [3.63, 3.8) is 0 Å². The minimum Gasteiger partial charge on any atom is -0.387 e. The van der Waals surface area contributed by atoms with E-state index >= 15 is 0 Å². The highest BCUT2D eigenvalue weighted by Gasteiger charge is 2.22. The molecule has 0 aliphatic carbocycles. The van der Waals surface area contributed by atoms with Crippen molar-refractivity contribution in [3.05, 3.63) is 17.0 Å². The van der Waals surface area contributed by atoms with E-state index in [0.717, 1.165) is 5.56 Å². The molecule has 0 aromatic carbocycles. The van der Waals surface area contributed by atoms with Crippen LogP contribution in [0.3, 0.4) is 0 Å². The fraction of sp³-hybridized carbons (Fsp3) is 0.692. The van der Waals surface area contributed by atoms with Gasteiger partial charge in [-0.25, -0.2) is 9.97 Å². The second kappa shape index (κ2) is 6.50. The second-order valence-electron chi connectivity index (χ2n) is 5.67. The Bertz CT molecular complexity index is 421. The first-order valence-corrected chi connectivity index (χ1v) is 6.72. The van der Waals surface area contributed by atoms with Crippen LogP contribution in [0, 0.1) is 0 Å². The molecule has 0 radical (unpaired) electrons. The van der Waals surface area contributed by atoms with E-state index in [0.29, 0.717) is 24.1 Å². The maximum Gasteiger partial charge on any atom is 0.138 e. The minimum atomic E-state index is -0.838. The third-order valence-electron chi connectivity index (χ3n) is 2.71. The first-order chi connectivity index (χ1) is 8.73. The smallest absolute Gasteiger partial charge is 0.138 e. The summed E-state index contributed by atoms with van der Waals surface area (Å²) in [7, 11) is 3.85. The van der Waals surface area contributed by atoms with Gasteiger partial charge in [-0.3, -0.25) is 0 Å². The molecule has 2 N–H and O–H groups in total. The largest absolute Gasteiger partial charge is 0.387 e. The maximum atomic E-state index is 10.3. The van der Waals surface area contributed by atoms with Crippen molar-refractivity contribution in [2.75, 3.05) is 32.5 Å². The summed E-state index contributed by atoms with van der Waals surface area (Å²) in [6.45, 7) is 6.83. The van der Waals surface area contributed by atoms with Gasteiger partial charge in [-0.05, 0) is 26.9 Å². The van der Waals surface area contributed by atoms with Gasteiger partial charge in [-0.2, -0.15) is 0 Å². The summed E-state index contributed by atoms with van der Waals surface area (Å²) in [5, 5.41) is 13.9. The standard InChI is InChI=1S/C13H23ClN4O/c1-9(2)10-11(14)16-8-17-12(10)15-6-13(3,19)7-18(4)5/h8-9,19H,6-7H2,1-5H3,(H,15,16,17). The Morgan fingerprint density at radius 2 is 2.05 bits per heavy atom. The van der Waals surface area contributed by atoms with Crippen molar-refractivity contribution >= 4 is 17.4 Å². The molecule has 5 nitrogen and oxygen atoms in total. The summed E-state index contributed by atoms with van der Waals surface area (Å²) >= 11 is 6.10. The van der Waals surface area contributed by atoms with Crippen LogP contribution in [-0.4, -0.2) is 52.8 Å². The molecule has 1 rings (SSSR count). The van der Waals surface area contributed by atoms with E-state index in [9.17, 15) is 5.11 Å². The predicted octanol–water partition coefficient (Wildman–Crippen LogP) is 1.98. The number of hydrogen-bond acceptors (Lipinski definition) is 5. The van der Waals surface area contributed by atoms with Gasteiger partial charge in [-0.15, -0.1) is 0 Å². The van der Waals surface area contributed by atoms with Crippen LogP contribution in [0.25, 0.3) is 0 Å². The van der Waals surface area contributed by atoms with Gasteiger partial charge in [0.2, 0.25) is 0 Å². The topological polar surface area (TPSA) is 61.3 Å². The van der Waals surface area contributed by atoms with E-state index in [1.165, 1.54) is 6.33 Å². The summed E-state index contributed by atoms with van der Waals surface area (Å²) in [6, 6.07) is 0. The van der Waals surface area contributed by atoms with Crippen LogP contribution in [0.15, 0.2) is 6.33 Å². The molecular formula is C13H23ClN4O. The molecule has 1 unspecified atom stereocenters. The number of likely N-dealkylation sites (N-methyl/N-ethyl adjacent to an activating group) is 1. The first-order valence-electron chi connectivity index (χ1n) is 6.34. The monoisotopic (exact) mass is 286 g/mol. The van der Waals surface area contributed by atoms with Crippen LogP contribution in [0.1, 0.15) is 32.3 Å². The van der Waals surface area contributed by atoms with Crippen molar-refractivity contribution in [2.45, 2.75) is 32.3 Å². The lowest BCUT2D eigenvalue weighted by atomic mass is 10.0. The van der Waals surface area contributed by atoms with E-state index in [2.05, 4.69) is 15.3 Å². The number of aromatic nitrogens is 2. The van der Waals surface area contributed by atoms with Gasteiger partial charge in [0.25, 0.3) is 0 Å². The molecule has 0 bridgehead atoms. The van der Waals surface area contributed by atoms with Crippen molar-refractivity contribution in [1.82, 2.24) is 14.9 Å². The van der Waals surface area contributed by atoms with E-state index in [-0.39, 0.29) is 5.92 Å². The van der Waals surface area contributed by atoms with Gasteiger partial charge in [0, 0.05) is 18.7 Å². The molecule has 1 atom stereocenters. The Kier molecular flexibility index (Phi) is 5.52. The Balaban J connectivity index is 2.81. The van der Waals surface area contributed by atoms with Crippen molar-refractivity contribution in [2.24, 2.45) is 0 Å². The Morgan fingerprint density at radius 3 is 2.58 bits per heavy atom. The molecule has 108 valence electrons. The Hall–Kier alpha value is -0.910. The molecule has 0 aliphatic rings. The van der Waals surface area contributed by atoms with Crippen molar-refractivity contribution in [3.8, 4) is 0 Å². The fourth-order valence-electron chi connectivity index (χ4n) is 2.04. The van der Waals surface area contributed by atoms with Crippen molar-refractivity contribution in [1.29, 1.82) is 0 Å². The van der Waals surface area contributed by atoms with Crippen molar-refractivity contribution < 1.29 is 5.11 Å². The third-order valence-corrected chi connectivity index (χ3v) is 3.01. The molecule has 1 aromatic rings. The number of nitrogens with one attached hydrogen (secondary N) is 1. The number of aliphatic hydroxyl groups is 1. The molecule has 1 aromatic heterocycles.